The van der Waals surface area contributed by atoms with Crippen LogP contribution in [0.15, 0.2) is 72.7 Å². The predicted octanol–water partition coefficient (Wildman–Crippen LogP) is 4.44. The molecule has 3 aromatic carbocycles. The summed E-state index contributed by atoms with van der Waals surface area (Å²) in [5, 5.41) is 24.4. The van der Waals surface area contributed by atoms with Crippen molar-refractivity contribution in [2.24, 2.45) is 0 Å². The van der Waals surface area contributed by atoms with E-state index in [9.17, 15) is 15.0 Å². The Morgan fingerprint density at radius 2 is 2.03 bits per heavy atom. The molecule has 4 N–H and O–H groups in total. The molecule has 6 heteroatoms. The molecule has 1 atom stereocenters. The van der Waals surface area contributed by atoms with Crippen molar-refractivity contribution in [1.82, 2.24) is 5.32 Å². The van der Waals surface area contributed by atoms with E-state index in [0.717, 1.165) is 0 Å². The molecule has 0 saturated carbocycles. The zero-order valence-corrected chi connectivity index (χ0v) is 15.8. The molecule has 0 saturated heterocycles. The number of aromatic carboxylic acids is 1. The van der Waals surface area contributed by atoms with E-state index in [1.54, 1.807) is 0 Å². The molecule has 0 radical (unpaired) electrons. The summed E-state index contributed by atoms with van der Waals surface area (Å²) in [6, 6.07) is 8.48. The van der Waals surface area contributed by atoms with Crippen LogP contribution in [0.1, 0.15) is 34.3 Å². The normalized spacial score (nSPS) is 18.3. The summed E-state index contributed by atoms with van der Waals surface area (Å²) in [7, 11) is 0. The Morgan fingerprint density at radius 1 is 1.21 bits per heavy atom. The van der Waals surface area contributed by atoms with Gasteiger partial charge in [0.05, 0.1) is 18.5 Å². The van der Waals surface area contributed by atoms with Crippen molar-refractivity contribution in [1.29, 1.82) is 0 Å². The van der Waals surface area contributed by atoms with Crippen molar-refractivity contribution in [2.45, 2.75) is 6.08 Å². The molecule has 0 amide bonds. The molecule has 0 aliphatic heterocycles. The van der Waals surface area contributed by atoms with E-state index in [1.165, 1.54) is 48.5 Å². The number of rotatable bonds is 9. The zero-order valence-electron chi connectivity index (χ0n) is 24.0. The van der Waals surface area contributed by atoms with Gasteiger partial charge in [-0.15, -0.1) is 0 Å². The summed E-state index contributed by atoms with van der Waals surface area (Å²) < 4.78 is 73.9. The zero-order chi connectivity index (χ0) is 28.6. The lowest BCUT2D eigenvalue weighted by Crippen LogP contribution is -2.26. The van der Waals surface area contributed by atoms with Crippen LogP contribution in [-0.2, 0) is 0 Å². The van der Waals surface area contributed by atoms with Crippen LogP contribution in [0.25, 0.3) is 11.1 Å². The summed E-state index contributed by atoms with van der Waals surface area (Å²) >= 11 is 5.87. The molecule has 0 aliphatic rings. The third-order valence-electron chi connectivity index (χ3n) is 3.74. The highest BCUT2D eigenvalue weighted by molar-refractivity contribution is 6.30. The first-order valence-corrected chi connectivity index (χ1v) is 8.82. The molecule has 0 aromatic heterocycles. The molecule has 0 fully saturated rings. The number of hydrogen-bond acceptors (Lipinski definition) is 4. The lowest BCUT2D eigenvalue weighted by molar-refractivity contribution is 0.0697. The number of halogens is 1. The number of carbonyl (C=O) groups is 1. The SMILES string of the molecule is [2H]c1c([2H])c(NCC([2H])([2H])NC([2H])([2H])[C@]([2H])(O)c2cccc(Cl)c2)c([2H])c(-c2cccc(C(=O)O)c2)c1[2H]. The van der Waals surface area contributed by atoms with Gasteiger partial charge in [-0.05, 0) is 53.0 Å². The molecule has 0 unspecified atom stereocenters. The fraction of sp³-hybridized carbons (Fsp3) is 0.174. The minimum Gasteiger partial charge on any atom is -0.478 e. The quantitative estimate of drug-likeness (QED) is 0.412. The Labute approximate surface area is 187 Å². The van der Waals surface area contributed by atoms with Gasteiger partial charge in [0.15, 0.2) is 0 Å². The molecule has 0 aliphatic carbocycles. The van der Waals surface area contributed by atoms with E-state index < -0.39 is 55.8 Å². The van der Waals surface area contributed by atoms with E-state index >= 15 is 0 Å². The van der Waals surface area contributed by atoms with Crippen molar-refractivity contribution in [3.63, 3.8) is 0 Å². The molecular formula is C23H23ClN2O3. The van der Waals surface area contributed by atoms with Crippen LogP contribution in [0.3, 0.4) is 0 Å². The van der Waals surface area contributed by atoms with Crippen LogP contribution >= 0.6 is 11.6 Å². The van der Waals surface area contributed by atoms with Gasteiger partial charge in [-0.2, -0.15) is 0 Å². The van der Waals surface area contributed by atoms with E-state index in [-0.39, 0.29) is 33.0 Å². The first-order valence-electron chi connectivity index (χ1n) is 12.9. The van der Waals surface area contributed by atoms with Crippen molar-refractivity contribution in [3.05, 3.63) is 88.9 Å². The van der Waals surface area contributed by atoms with E-state index in [2.05, 4.69) is 5.32 Å². The maximum absolute atomic E-state index is 11.4. The largest absolute Gasteiger partial charge is 0.478 e. The number of benzene rings is 3. The van der Waals surface area contributed by atoms with Crippen molar-refractivity contribution in [3.8, 4) is 11.1 Å². The summed E-state index contributed by atoms with van der Waals surface area (Å²) in [6.45, 7) is -6.49. The average Bonchev–Trinajstić information content (AvgIpc) is 2.82. The van der Waals surface area contributed by atoms with Gasteiger partial charge >= 0.3 is 5.97 Å². The second-order valence-corrected chi connectivity index (χ2v) is 6.21. The molecule has 0 heterocycles. The summed E-state index contributed by atoms with van der Waals surface area (Å²) in [4.78, 5) is 11.4. The monoisotopic (exact) mass is 419 g/mol. The van der Waals surface area contributed by atoms with Crippen LogP contribution in [0.2, 0.25) is 5.02 Å². The number of hydrogen-bond donors (Lipinski definition) is 4. The molecule has 29 heavy (non-hydrogen) atoms. The maximum atomic E-state index is 11.4. The predicted molar refractivity (Wildman–Crippen MR) is 117 cm³/mol. The Balaban J connectivity index is 1.92. The van der Waals surface area contributed by atoms with Gasteiger partial charge in [-0.3, -0.25) is 0 Å². The fourth-order valence-corrected chi connectivity index (χ4v) is 2.56. The number of nitrogens with one attached hydrogen (secondary N) is 2. The third kappa shape index (κ3) is 6.06. The second-order valence-electron chi connectivity index (χ2n) is 5.78. The molecule has 0 spiro atoms. The first-order chi connectivity index (χ1) is 17.5. The Hall–Kier alpha value is -2.86. The van der Waals surface area contributed by atoms with E-state index in [0.29, 0.717) is 0 Å². The molecule has 3 aromatic rings. The highest BCUT2D eigenvalue weighted by Crippen LogP contribution is 2.23. The van der Waals surface area contributed by atoms with Gasteiger partial charge in [-0.25, -0.2) is 4.79 Å². The first kappa shape index (κ1) is 12.0. The average molecular weight is 420 g/mol. The van der Waals surface area contributed by atoms with Crippen LogP contribution in [0, 0.1) is 0 Å². The highest BCUT2D eigenvalue weighted by atomic mass is 35.5. The molecular weight excluding hydrogens is 388 g/mol. The fourth-order valence-electron chi connectivity index (χ4n) is 2.37. The van der Waals surface area contributed by atoms with Crippen LogP contribution in [0.4, 0.5) is 5.69 Å². The second kappa shape index (κ2) is 10.1. The highest BCUT2D eigenvalue weighted by Gasteiger charge is 2.07. The Bertz CT molecular complexity index is 1390. The Kier molecular flexibility index (Phi) is 4.16. The molecule has 0 bridgehead atoms. The molecule has 150 valence electrons. The number of carboxylic acid groups (broad SMARTS) is 1. The van der Waals surface area contributed by atoms with Gasteiger partial charge < -0.3 is 20.8 Å². The summed E-state index contributed by atoms with van der Waals surface area (Å²) in [5.74, 6) is -1.24. The third-order valence-corrected chi connectivity index (χ3v) is 3.98. The smallest absolute Gasteiger partial charge is 0.335 e. The van der Waals surface area contributed by atoms with Gasteiger partial charge in [0, 0.05) is 35.7 Å². The van der Waals surface area contributed by atoms with Crippen LogP contribution < -0.4 is 10.6 Å². The maximum Gasteiger partial charge on any atom is 0.335 e. The lowest BCUT2D eigenvalue weighted by atomic mass is 10.0. The van der Waals surface area contributed by atoms with Crippen LogP contribution in [-0.4, -0.2) is 35.7 Å². The van der Waals surface area contributed by atoms with Gasteiger partial charge in [-0.1, -0.05) is 48.0 Å². The van der Waals surface area contributed by atoms with Gasteiger partial charge in [0.2, 0.25) is 0 Å². The van der Waals surface area contributed by atoms with E-state index in [4.69, 9.17) is 23.9 Å². The van der Waals surface area contributed by atoms with Crippen molar-refractivity contribution >= 4 is 23.3 Å². The number of aliphatic hydroxyl groups is 1. The Morgan fingerprint density at radius 3 is 2.83 bits per heavy atom. The minimum absolute atomic E-state index is 0.123. The van der Waals surface area contributed by atoms with E-state index in [1.807, 2.05) is 5.32 Å². The summed E-state index contributed by atoms with van der Waals surface area (Å²) in [5.41, 5.74) is -0.713. The van der Waals surface area contributed by atoms with Crippen LogP contribution in [0.5, 0.6) is 0 Å². The van der Waals surface area contributed by atoms with Crippen molar-refractivity contribution < 1.29 is 27.3 Å². The minimum atomic E-state index is -3.05. The molecule has 3 rings (SSSR count). The topological polar surface area (TPSA) is 81.6 Å². The number of anilines is 1. The molecule has 5 nitrogen and oxygen atoms in total. The standard InChI is InChI=1S/C23H23ClN2O3/c24-20-8-2-6-18(13-20)22(27)15-25-10-11-26-21-9-3-5-17(14-21)16-4-1-7-19(12-16)23(28)29/h1-9,12-14,22,25-27H,10-11,15H2,(H,28,29)/t22-/m0/s1/i3D,5D,9D,10D2,14D,15D2,22D. The van der Waals surface area contributed by atoms with Crippen molar-refractivity contribution in [2.75, 3.05) is 24.9 Å². The summed E-state index contributed by atoms with van der Waals surface area (Å²) in [6.07, 6.45) is -2.96. The number of carboxylic acids is 1. The van der Waals surface area contributed by atoms with Gasteiger partial charge in [0.25, 0.3) is 0 Å². The van der Waals surface area contributed by atoms with Gasteiger partial charge in [0.1, 0.15) is 0 Å². The lowest BCUT2D eigenvalue weighted by Gasteiger charge is -2.13.